The molecule has 2 heterocycles. The summed E-state index contributed by atoms with van der Waals surface area (Å²) in [6, 6.07) is 0. The second-order valence-corrected chi connectivity index (χ2v) is 6.03. The van der Waals surface area contributed by atoms with Crippen molar-refractivity contribution in [3.8, 4) is 0 Å². The van der Waals surface area contributed by atoms with E-state index < -0.39 is 5.91 Å². The minimum Gasteiger partial charge on any atom is -0.364 e. The lowest BCUT2D eigenvalue weighted by Gasteiger charge is -2.33. The average Bonchev–Trinajstić information content (AvgIpc) is 2.46. The number of aromatic nitrogens is 2. The van der Waals surface area contributed by atoms with Crippen molar-refractivity contribution < 1.29 is 4.79 Å². The van der Waals surface area contributed by atoms with Crippen LogP contribution in [0.3, 0.4) is 0 Å². The number of rotatable bonds is 5. The second kappa shape index (κ2) is 6.68. The lowest BCUT2D eigenvalue weighted by atomic mass is 9.90. The molecule has 5 nitrogen and oxygen atoms in total. The van der Waals surface area contributed by atoms with E-state index in [2.05, 4.69) is 28.7 Å². The van der Waals surface area contributed by atoms with Crippen LogP contribution < -0.4 is 10.6 Å². The number of anilines is 1. The van der Waals surface area contributed by atoms with Gasteiger partial charge in [-0.3, -0.25) is 9.78 Å². The van der Waals surface area contributed by atoms with E-state index in [1.165, 1.54) is 31.9 Å². The van der Waals surface area contributed by atoms with Crippen LogP contribution in [0, 0.1) is 11.8 Å². The number of piperidine rings is 1. The zero-order valence-corrected chi connectivity index (χ0v) is 12.4. The lowest BCUT2D eigenvalue weighted by Crippen LogP contribution is -2.34. The maximum absolute atomic E-state index is 11.1. The maximum Gasteiger partial charge on any atom is 0.268 e. The topological polar surface area (TPSA) is 72.1 Å². The number of nitrogens with two attached hydrogens (primary N) is 1. The minimum atomic E-state index is -0.522. The highest BCUT2D eigenvalue weighted by atomic mass is 16.1. The fourth-order valence-electron chi connectivity index (χ4n) is 2.65. The number of primary amides is 1. The standard InChI is InChI=1S/C15H24N4O/c1-11(2)3-4-12-5-7-19(8-6-12)14-10-17-9-13(18-14)15(16)20/h9-12H,3-8H2,1-2H3,(H2,16,20). The molecule has 0 saturated carbocycles. The Morgan fingerprint density at radius 2 is 2.10 bits per heavy atom. The summed E-state index contributed by atoms with van der Waals surface area (Å²) >= 11 is 0. The van der Waals surface area contributed by atoms with Gasteiger partial charge in [0, 0.05) is 13.1 Å². The second-order valence-electron chi connectivity index (χ2n) is 6.03. The molecule has 0 unspecified atom stereocenters. The number of carbonyl (C=O) groups is 1. The zero-order chi connectivity index (χ0) is 14.5. The van der Waals surface area contributed by atoms with Crippen LogP contribution in [0.5, 0.6) is 0 Å². The Hall–Kier alpha value is -1.65. The molecule has 1 amide bonds. The third-order valence-corrected chi connectivity index (χ3v) is 3.97. The summed E-state index contributed by atoms with van der Waals surface area (Å²) in [6.07, 6.45) is 8.13. The van der Waals surface area contributed by atoms with Gasteiger partial charge in [-0.15, -0.1) is 0 Å². The largest absolute Gasteiger partial charge is 0.364 e. The molecule has 1 aliphatic rings. The Morgan fingerprint density at radius 1 is 1.40 bits per heavy atom. The highest BCUT2D eigenvalue weighted by Crippen LogP contribution is 2.26. The molecule has 1 aromatic heterocycles. The van der Waals surface area contributed by atoms with Gasteiger partial charge in [-0.25, -0.2) is 4.98 Å². The molecule has 0 atom stereocenters. The first-order valence-corrected chi connectivity index (χ1v) is 7.43. The molecule has 110 valence electrons. The van der Waals surface area contributed by atoms with Crippen molar-refractivity contribution in [2.75, 3.05) is 18.0 Å². The van der Waals surface area contributed by atoms with Crippen LogP contribution in [-0.4, -0.2) is 29.0 Å². The number of nitrogens with zero attached hydrogens (tertiary/aromatic N) is 3. The van der Waals surface area contributed by atoms with Crippen LogP contribution in [0.15, 0.2) is 12.4 Å². The van der Waals surface area contributed by atoms with Crippen LogP contribution in [0.2, 0.25) is 0 Å². The molecule has 2 N–H and O–H groups in total. The average molecular weight is 276 g/mol. The summed E-state index contributed by atoms with van der Waals surface area (Å²) in [7, 11) is 0. The van der Waals surface area contributed by atoms with Gasteiger partial charge in [0.2, 0.25) is 0 Å². The monoisotopic (exact) mass is 276 g/mol. The molecule has 1 saturated heterocycles. The summed E-state index contributed by atoms with van der Waals surface area (Å²) in [6.45, 7) is 6.53. The highest BCUT2D eigenvalue weighted by Gasteiger charge is 2.21. The molecule has 1 aromatic rings. The molecule has 0 aromatic carbocycles. The van der Waals surface area contributed by atoms with E-state index in [0.717, 1.165) is 30.7 Å². The maximum atomic E-state index is 11.1. The van der Waals surface area contributed by atoms with Gasteiger partial charge >= 0.3 is 0 Å². The van der Waals surface area contributed by atoms with Crippen LogP contribution >= 0.6 is 0 Å². The Morgan fingerprint density at radius 3 is 2.70 bits per heavy atom. The van der Waals surface area contributed by atoms with E-state index in [-0.39, 0.29) is 5.69 Å². The minimum absolute atomic E-state index is 0.240. The van der Waals surface area contributed by atoms with Crippen molar-refractivity contribution in [3.05, 3.63) is 18.1 Å². The number of hydrogen-bond donors (Lipinski definition) is 1. The number of carbonyl (C=O) groups excluding carboxylic acids is 1. The molecule has 0 spiro atoms. The normalized spacial score (nSPS) is 16.6. The first kappa shape index (κ1) is 14.8. The first-order chi connectivity index (χ1) is 9.56. The molecule has 0 aliphatic carbocycles. The molecular weight excluding hydrogens is 252 g/mol. The van der Waals surface area contributed by atoms with E-state index in [4.69, 9.17) is 5.73 Å². The third kappa shape index (κ3) is 3.92. The summed E-state index contributed by atoms with van der Waals surface area (Å²) in [5.41, 5.74) is 5.48. The Bertz CT molecular complexity index is 453. The van der Waals surface area contributed by atoms with Crippen molar-refractivity contribution in [2.24, 2.45) is 17.6 Å². The van der Waals surface area contributed by atoms with Crippen molar-refractivity contribution >= 4 is 11.7 Å². The van der Waals surface area contributed by atoms with Crippen LogP contribution in [0.1, 0.15) is 50.0 Å². The van der Waals surface area contributed by atoms with Crippen LogP contribution in [0.25, 0.3) is 0 Å². The van der Waals surface area contributed by atoms with Crippen LogP contribution in [0.4, 0.5) is 5.82 Å². The number of amides is 1. The molecule has 0 radical (unpaired) electrons. The molecular formula is C15H24N4O. The quantitative estimate of drug-likeness (QED) is 0.895. The van der Waals surface area contributed by atoms with Gasteiger partial charge in [-0.05, 0) is 24.7 Å². The predicted molar refractivity (Wildman–Crippen MR) is 79.6 cm³/mol. The van der Waals surface area contributed by atoms with Gasteiger partial charge in [0.15, 0.2) is 0 Å². The Kier molecular flexibility index (Phi) is 4.93. The summed E-state index contributed by atoms with van der Waals surface area (Å²) in [5, 5.41) is 0. The highest BCUT2D eigenvalue weighted by molar-refractivity contribution is 5.90. The fourth-order valence-corrected chi connectivity index (χ4v) is 2.65. The van der Waals surface area contributed by atoms with Gasteiger partial charge in [0.1, 0.15) is 11.5 Å². The molecule has 1 fully saturated rings. The lowest BCUT2D eigenvalue weighted by molar-refractivity contribution is 0.0995. The fraction of sp³-hybridized carbons (Fsp3) is 0.667. The van der Waals surface area contributed by atoms with Crippen molar-refractivity contribution in [2.45, 2.75) is 39.5 Å². The van der Waals surface area contributed by atoms with Gasteiger partial charge in [-0.2, -0.15) is 0 Å². The first-order valence-electron chi connectivity index (χ1n) is 7.43. The Labute approximate surface area is 120 Å². The van der Waals surface area contributed by atoms with E-state index in [9.17, 15) is 4.79 Å². The molecule has 1 aliphatic heterocycles. The summed E-state index contributed by atoms with van der Waals surface area (Å²) < 4.78 is 0. The van der Waals surface area contributed by atoms with E-state index in [1.807, 2.05) is 0 Å². The SMILES string of the molecule is CC(C)CCC1CCN(c2cncc(C(N)=O)n2)CC1. The van der Waals surface area contributed by atoms with Crippen molar-refractivity contribution in [1.29, 1.82) is 0 Å². The smallest absolute Gasteiger partial charge is 0.268 e. The van der Waals surface area contributed by atoms with E-state index in [0.29, 0.717) is 0 Å². The summed E-state index contributed by atoms with van der Waals surface area (Å²) in [5.74, 6) is 1.85. The molecule has 0 bridgehead atoms. The van der Waals surface area contributed by atoms with Gasteiger partial charge in [0.05, 0.1) is 12.4 Å². The van der Waals surface area contributed by atoms with Gasteiger partial charge in [-0.1, -0.05) is 26.7 Å². The molecule has 2 rings (SSSR count). The summed E-state index contributed by atoms with van der Waals surface area (Å²) in [4.78, 5) is 21.7. The van der Waals surface area contributed by atoms with Gasteiger partial charge < -0.3 is 10.6 Å². The van der Waals surface area contributed by atoms with Crippen molar-refractivity contribution in [3.63, 3.8) is 0 Å². The van der Waals surface area contributed by atoms with Crippen molar-refractivity contribution in [1.82, 2.24) is 9.97 Å². The zero-order valence-electron chi connectivity index (χ0n) is 12.4. The molecule has 20 heavy (non-hydrogen) atoms. The van der Waals surface area contributed by atoms with E-state index >= 15 is 0 Å². The van der Waals surface area contributed by atoms with Gasteiger partial charge in [0.25, 0.3) is 5.91 Å². The third-order valence-electron chi connectivity index (χ3n) is 3.97. The van der Waals surface area contributed by atoms with Crippen LogP contribution in [-0.2, 0) is 0 Å². The predicted octanol–water partition coefficient (Wildman–Crippen LogP) is 2.23. The molecule has 5 heteroatoms. The number of hydrogen-bond acceptors (Lipinski definition) is 4. The Balaban J connectivity index is 1.90. The van der Waals surface area contributed by atoms with E-state index in [1.54, 1.807) is 6.20 Å².